The Morgan fingerprint density at radius 2 is 2.26 bits per heavy atom. The van der Waals surface area contributed by atoms with Crippen molar-refractivity contribution in [1.82, 2.24) is 5.43 Å². The van der Waals surface area contributed by atoms with E-state index in [0.717, 1.165) is 30.6 Å². The van der Waals surface area contributed by atoms with E-state index >= 15 is 0 Å². The van der Waals surface area contributed by atoms with Crippen molar-refractivity contribution in [3.05, 3.63) is 51.5 Å². The van der Waals surface area contributed by atoms with E-state index in [1.54, 1.807) is 18.2 Å². The quantitative estimate of drug-likeness (QED) is 0.569. The summed E-state index contributed by atoms with van der Waals surface area (Å²) in [6.07, 6.45) is 3.41. The number of carbonyl (C=O) groups is 1. The van der Waals surface area contributed by atoms with Crippen LogP contribution in [0.2, 0.25) is 0 Å². The number of hydrogen-bond acceptors (Lipinski definition) is 4. The van der Waals surface area contributed by atoms with Gasteiger partial charge in [0.1, 0.15) is 5.82 Å². The minimum absolute atomic E-state index is 0.000839. The van der Waals surface area contributed by atoms with Crippen LogP contribution < -0.4 is 10.3 Å². The number of amides is 1. The van der Waals surface area contributed by atoms with E-state index in [4.69, 9.17) is 0 Å². The fourth-order valence-electron chi connectivity index (χ4n) is 3.89. The fraction of sp³-hybridized carbons (Fsp3) is 0.429. The number of thiophene rings is 1. The summed E-state index contributed by atoms with van der Waals surface area (Å²) in [5.41, 5.74) is 4.95. The molecule has 1 aromatic heterocycles. The average Bonchev–Trinajstić information content (AvgIpc) is 3.14. The molecule has 1 amide bonds. The van der Waals surface area contributed by atoms with Gasteiger partial charge in [0.2, 0.25) is 0 Å². The number of hydrazone groups is 1. The van der Waals surface area contributed by atoms with Gasteiger partial charge in [-0.3, -0.25) is 4.79 Å². The van der Waals surface area contributed by atoms with Gasteiger partial charge >= 0.3 is 0 Å². The van der Waals surface area contributed by atoms with Crippen molar-refractivity contribution in [2.24, 2.45) is 5.10 Å². The Balaban J connectivity index is 1.86. The standard InChI is InChI=1S/C21H26FN3OS/c1-5-8-25-18-11-17(22)15(10-16(18)14(2)12-21(25,3)4)13-23-24-20(26)19-7-6-9-27-19/h6-7,9-11,13-14H,5,8,12H2,1-4H3,(H,24,26)/b23-13+. The second-order valence-corrected chi connectivity index (χ2v) is 8.63. The molecule has 3 rings (SSSR count). The van der Waals surface area contributed by atoms with Crippen LogP contribution in [0.4, 0.5) is 10.1 Å². The van der Waals surface area contributed by atoms with Gasteiger partial charge < -0.3 is 4.90 Å². The molecule has 0 aliphatic carbocycles. The highest BCUT2D eigenvalue weighted by atomic mass is 32.1. The van der Waals surface area contributed by atoms with Gasteiger partial charge in [-0.1, -0.05) is 19.9 Å². The van der Waals surface area contributed by atoms with Gasteiger partial charge in [-0.25, -0.2) is 9.82 Å². The normalized spacial score (nSPS) is 18.6. The summed E-state index contributed by atoms with van der Waals surface area (Å²) < 4.78 is 14.7. The van der Waals surface area contributed by atoms with Crippen LogP contribution in [0.5, 0.6) is 0 Å². The van der Waals surface area contributed by atoms with Gasteiger partial charge in [0.25, 0.3) is 5.91 Å². The van der Waals surface area contributed by atoms with E-state index in [9.17, 15) is 9.18 Å². The van der Waals surface area contributed by atoms with Crippen molar-refractivity contribution in [1.29, 1.82) is 0 Å². The molecule has 0 saturated carbocycles. The number of halogens is 1. The molecule has 1 atom stereocenters. The van der Waals surface area contributed by atoms with Crippen molar-refractivity contribution >= 4 is 29.1 Å². The monoisotopic (exact) mass is 387 g/mol. The van der Waals surface area contributed by atoms with Crippen LogP contribution in [0.25, 0.3) is 0 Å². The van der Waals surface area contributed by atoms with E-state index in [2.05, 4.69) is 43.1 Å². The molecule has 0 spiro atoms. The summed E-state index contributed by atoms with van der Waals surface area (Å²) in [5.74, 6) is -0.283. The van der Waals surface area contributed by atoms with Crippen molar-refractivity contribution in [2.75, 3.05) is 11.4 Å². The first-order valence-electron chi connectivity index (χ1n) is 9.31. The first kappa shape index (κ1) is 19.5. The Kier molecular flexibility index (Phi) is 5.65. The van der Waals surface area contributed by atoms with Gasteiger partial charge in [-0.15, -0.1) is 11.3 Å². The van der Waals surface area contributed by atoms with Gasteiger partial charge in [0.05, 0.1) is 11.1 Å². The van der Waals surface area contributed by atoms with Gasteiger partial charge in [0, 0.05) is 23.3 Å². The maximum atomic E-state index is 14.7. The lowest BCUT2D eigenvalue weighted by Crippen LogP contribution is -2.48. The number of hydrogen-bond donors (Lipinski definition) is 1. The number of nitrogens with zero attached hydrogens (tertiary/aromatic N) is 2. The Hall–Kier alpha value is -2.21. The van der Waals surface area contributed by atoms with Gasteiger partial charge in [-0.05, 0) is 61.7 Å². The molecule has 27 heavy (non-hydrogen) atoms. The highest BCUT2D eigenvalue weighted by Gasteiger charge is 2.36. The zero-order chi connectivity index (χ0) is 19.6. The van der Waals surface area contributed by atoms with Crippen molar-refractivity contribution in [3.8, 4) is 0 Å². The summed E-state index contributed by atoms with van der Waals surface area (Å²) in [5, 5.41) is 5.77. The number of carbonyl (C=O) groups excluding carboxylic acids is 1. The number of anilines is 1. The Morgan fingerprint density at radius 3 is 2.93 bits per heavy atom. The largest absolute Gasteiger partial charge is 0.366 e. The Bertz CT molecular complexity index is 845. The van der Waals surface area contributed by atoms with Crippen molar-refractivity contribution < 1.29 is 9.18 Å². The first-order chi connectivity index (χ1) is 12.8. The molecule has 0 saturated heterocycles. The summed E-state index contributed by atoms with van der Waals surface area (Å²) in [6, 6.07) is 7.01. The number of nitrogens with one attached hydrogen (secondary N) is 1. The topological polar surface area (TPSA) is 44.7 Å². The van der Waals surface area contributed by atoms with Crippen molar-refractivity contribution in [2.45, 2.75) is 52.0 Å². The second-order valence-electron chi connectivity index (χ2n) is 7.68. The van der Waals surface area contributed by atoms with E-state index < -0.39 is 0 Å². The zero-order valence-electron chi connectivity index (χ0n) is 16.3. The second kappa shape index (κ2) is 7.80. The molecule has 0 bridgehead atoms. The highest BCUT2D eigenvalue weighted by Crippen LogP contribution is 2.44. The minimum atomic E-state index is -0.325. The molecule has 2 heterocycles. The third kappa shape index (κ3) is 4.05. The van der Waals surface area contributed by atoms with Crippen LogP contribution in [0.15, 0.2) is 34.7 Å². The molecule has 1 aromatic carbocycles. The highest BCUT2D eigenvalue weighted by molar-refractivity contribution is 7.12. The summed E-state index contributed by atoms with van der Waals surface area (Å²) in [7, 11) is 0. The van der Waals surface area contributed by atoms with Crippen LogP contribution in [0, 0.1) is 5.82 Å². The Labute approximate surface area is 164 Å². The average molecular weight is 388 g/mol. The molecule has 1 aliphatic rings. The maximum absolute atomic E-state index is 14.7. The predicted molar refractivity (Wildman–Crippen MR) is 111 cm³/mol. The summed E-state index contributed by atoms with van der Waals surface area (Å²) in [4.78, 5) is 14.8. The minimum Gasteiger partial charge on any atom is -0.366 e. The van der Waals surface area contributed by atoms with E-state index in [1.165, 1.54) is 17.6 Å². The predicted octanol–water partition coefficient (Wildman–Crippen LogP) is 5.15. The van der Waals surface area contributed by atoms with E-state index in [-0.39, 0.29) is 17.3 Å². The third-order valence-electron chi connectivity index (χ3n) is 5.07. The fourth-order valence-corrected chi connectivity index (χ4v) is 4.50. The summed E-state index contributed by atoms with van der Waals surface area (Å²) >= 11 is 1.34. The Morgan fingerprint density at radius 1 is 1.48 bits per heavy atom. The third-order valence-corrected chi connectivity index (χ3v) is 5.93. The number of rotatable bonds is 5. The van der Waals surface area contributed by atoms with Crippen LogP contribution in [-0.4, -0.2) is 24.2 Å². The lowest BCUT2D eigenvalue weighted by molar-refractivity contribution is 0.0959. The van der Waals surface area contributed by atoms with Crippen molar-refractivity contribution in [3.63, 3.8) is 0 Å². The molecule has 1 aliphatic heterocycles. The van der Waals surface area contributed by atoms with Crippen LogP contribution in [0.3, 0.4) is 0 Å². The summed E-state index contributed by atoms with van der Waals surface area (Å²) in [6.45, 7) is 9.66. The number of fused-ring (bicyclic) bond motifs is 1. The van der Waals surface area contributed by atoms with Crippen LogP contribution in [-0.2, 0) is 0 Å². The van der Waals surface area contributed by atoms with Gasteiger partial charge in [0.15, 0.2) is 0 Å². The molecule has 4 nitrogen and oxygen atoms in total. The van der Waals surface area contributed by atoms with Crippen LogP contribution >= 0.6 is 11.3 Å². The molecule has 144 valence electrons. The lowest BCUT2D eigenvalue weighted by atomic mass is 9.79. The molecule has 2 aromatic rings. The molecular formula is C21H26FN3OS. The van der Waals surface area contributed by atoms with Gasteiger partial charge in [-0.2, -0.15) is 5.10 Å². The molecule has 0 radical (unpaired) electrons. The van der Waals surface area contributed by atoms with E-state index in [0.29, 0.717) is 16.4 Å². The smallest absolute Gasteiger partial charge is 0.281 e. The molecule has 0 fully saturated rings. The number of benzene rings is 1. The molecule has 1 N–H and O–H groups in total. The van der Waals surface area contributed by atoms with E-state index in [1.807, 2.05) is 11.4 Å². The SMILES string of the molecule is CCCN1c2cc(F)c(/C=N/NC(=O)c3cccs3)cc2C(C)CC1(C)C. The lowest BCUT2D eigenvalue weighted by Gasteiger charge is -2.47. The zero-order valence-corrected chi connectivity index (χ0v) is 17.1. The first-order valence-corrected chi connectivity index (χ1v) is 10.2. The molecule has 6 heteroatoms. The van der Waals surface area contributed by atoms with Crippen LogP contribution in [0.1, 0.15) is 67.3 Å². The maximum Gasteiger partial charge on any atom is 0.281 e. The molecule has 1 unspecified atom stereocenters. The molecular weight excluding hydrogens is 361 g/mol.